The van der Waals surface area contributed by atoms with Gasteiger partial charge in [-0.25, -0.2) is 4.68 Å². The van der Waals surface area contributed by atoms with Crippen molar-refractivity contribution in [2.75, 3.05) is 12.4 Å². The zero-order valence-corrected chi connectivity index (χ0v) is 14.0. The number of hydrogen-bond donors (Lipinski definition) is 1. The molecule has 0 saturated heterocycles. The minimum Gasteiger partial charge on any atom is -0.497 e. The number of rotatable bonds is 4. The fourth-order valence-corrected chi connectivity index (χ4v) is 3.76. The van der Waals surface area contributed by atoms with E-state index in [1.54, 1.807) is 18.4 Å². The van der Waals surface area contributed by atoms with Gasteiger partial charge in [0.2, 0.25) is 5.91 Å². The highest BCUT2D eigenvalue weighted by atomic mass is 32.1. The maximum absolute atomic E-state index is 12.2. The lowest BCUT2D eigenvalue weighted by molar-refractivity contribution is -0.116. The first-order chi connectivity index (χ1) is 11.7. The third-order valence-corrected chi connectivity index (χ3v) is 5.16. The first kappa shape index (κ1) is 15.0. The number of nitrogens with one attached hydrogen (secondary N) is 1. The normalized spacial score (nSPS) is 16.5. The van der Waals surface area contributed by atoms with Crippen molar-refractivity contribution in [3.63, 3.8) is 0 Å². The molecule has 4 rings (SSSR count). The zero-order valence-electron chi connectivity index (χ0n) is 13.2. The summed E-state index contributed by atoms with van der Waals surface area (Å²) in [5, 5.41) is 9.53. The van der Waals surface area contributed by atoms with Gasteiger partial charge in [-0.15, -0.1) is 11.3 Å². The number of fused-ring (bicyclic) bond motifs is 1. The Morgan fingerprint density at radius 3 is 2.88 bits per heavy atom. The Bertz CT molecular complexity index is 853. The van der Waals surface area contributed by atoms with E-state index in [2.05, 4.69) is 16.5 Å². The summed E-state index contributed by atoms with van der Waals surface area (Å²) in [5.74, 6) is 1.67. The second-order valence-electron chi connectivity index (χ2n) is 5.76. The molecule has 0 aliphatic carbocycles. The number of anilines is 1. The number of amides is 1. The van der Waals surface area contributed by atoms with Gasteiger partial charge in [0.1, 0.15) is 11.6 Å². The van der Waals surface area contributed by atoms with E-state index in [1.165, 1.54) is 4.88 Å². The summed E-state index contributed by atoms with van der Waals surface area (Å²) in [7, 11) is 1.65. The molecule has 1 amide bonds. The second kappa shape index (κ2) is 6.13. The average Bonchev–Trinajstić information content (AvgIpc) is 3.25. The quantitative estimate of drug-likeness (QED) is 0.792. The highest BCUT2D eigenvalue weighted by molar-refractivity contribution is 7.09. The second-order valence-corrected chi connectivity index (χ2v) is 6.80. The number of carbonyl (C=O) groups excluding carboxylic acids is 1. The molecule has 0 fully saturated rings. The summed E-state index contributed by atoms with van der Waals surface area (Å²) < 4.78 is 7.09. The summed E-state index contributed by atoms with van der Waals surface area (Å²) in [5.41, 5.74) is 2.17. The van der Waals surface area contributed by atoms with Crippen molar-refractivity contribution >= 4 is 23.1 Å². The van der Waals surface area contributed by atoms with Crippen molar-refractivity contribution < 1.29 is 9.53 Å². The molecule has 122 valence electrons. The predicted octanol–water partition coefficient (Wildman–Crippen LogP) is 3.48. The number of nitrogens with zero attached hydrogens (tertiary/aromatic N) is 2. The van der Waals surface area contributed by atoms with Crippen molar-refractivity contribution in [2.45, 2.75) is 18.9 Å². The molecule has 0 bridgehead atoms. The third kappa shape index (κ3) is 2.69. The Balaban J connectivity index is 1.69. The Kier molecular flexibility index (Phi) is 3.82. The smallest absolute Gasteiger partial charge is 0.226 e. The van der Waals surface area contributed by atoms with E-state index in [1.807, 2.05) is 46.6 Å². The molecule has 1 atom stereocenters. The molecule has 1 N–H and O–H groups in total. The molecule has 5 nitrogen and oxygen atoms in total. The number of benzene rings is 1. The summed E-state index contributed by atoms with van der Waals surface area (Å²) in [6, 6.07) is 12.0. The van der Waals surface area contributed by atoms with E-state index in [9.17, 15) is 4.79 Å². The maximum Gasteiger partial charge on any atom is 0.226 e. The van der Waals surface area contributed by atoms with Gasteiger partial charge in [-0.2, -0.15) is 5.10 Å². The first-order valence-electron chi connectivity index (χ1n) is 7.76. The van der Waals surface area contributed by atoms with Crippen LogP contribution in [0.25, 0.3) is 0 Å². The van der Waals surface area contributed by atoms with Gasteiger partial charge in [-0.3, -0.25) is 4.79 Å². The van der Waals surface area contributed by atoms with Gasteiger partial charge in [0.15, 0.2) is 0 Å². The predicted molar refractivity (Wildman–Crippen MR) is 93.7 cm³/mol. The highest BCUT2D eigenvalue weighted by Crippen LogP contribution is 2.37. The molecule has 1 aromatic carbocycles. The van der Waals surface area contributed by atoms with E-state index < -0.39 is 0 Å². The van der Waals surface area contributed by atoms with Crippen molar-refractivity contribution in [3.05, 3.63) is 64.0 Å². The summed E-state index contributed by atoms with van der Waals surface area (Å²) >= 11 is 1.69. The SMILES string of the molecule is COc1ccc([C@H]2CC(=O)Nc3c2cnn3Cc2cccs2)cc1. The Morgan fingerprint density at radius 2 is 2.17 bits per heavy atom. The van der Waals surface area contributed by atoms with Crippen LogP contribution >= 0.6 is 11.3 Å². The van der Waals surface area contributed by atoms with Crippen LogP contribution in [0, 0.1) is 0 Å². The molecule has 24 heavy (non-hydrogen) atoms. The minimum absolute atomic E-state index is 0.0243. The number of aromatic nitrogens is 2. The fourth-order valence-electron chi connectivity index (χ4n) is 3.07. The summed E-state index contributed by atoms with van der Waals surface area (Å²) in [4.78, 5) is 13.4. The lowest BCUT2D eigenvalue weighted by Crippen LogP contribution is -2.25. The van der Waals surface area contributed by atoms with Crippen LogP contribution in [0.4, 0.5) is 5.82 Å². The molecule has 1 aliphatic heterocycles. The highest BCUT2D eigenvalue weighted by Gasteiger charge is 2.30. The van der Waals surface area contributed by atoms with E-state index in [-0.39, 0.29) is 11.8 Å². The minimum atomic E-state index is 0.0243. The standard InChI is InChI=1S/C18H17N3O2S/c1-23-13-6-4-12(5-7-13)15-9-17(22)20-18-16(15)10-19-21(18)11-14-3-2-8-24-14/h2-8,10,15H,9,11H2,1H3,(H,20,22)/t15-/m1/s1. The number of ether oxygens (including phenoxy) is 1. The third-order valence-electron chi connectivity index (χ3n) is 4.29. The topological polar surface area (TPSA) is 56.1 Å². The Hall–Kier alpha value is -2.60. The molecule has 1 aliphatic rings. The number of carbonyl (C=O) groups is 1. The molecule has 6 heteroatoms. The van der Waals surface area contributed by atoms with Crippen LogP contribution in [-0.4, -0.2) is 22.8 Å². The van der Waals surface area contributed by atoms with Crippen molar-refractivity contribution in [3.8, 4) is 5.75 Å². The van der Waals surface area contributed by atoms with Crippen LogP contribution in [-0.2, 0) is 11.3 Å². The maximum atomic E-state index is 12.2. The molecule has 3 aromatic rings. The summed E-state index contributed by atoms with van der Waals surface area (Å²) in [6.45, 7) is 0.669. The van der Waals surface area contributed by atoms with E-state index in [4.69, 9.17) is 4.74 Å². The molecule has 2 aromatic heterocycles. The molecular formula is C18H17N3O2S. The summed E-state index contributed by atoms with van der Waals surface area (Å²) in [6.07, 6.45) is 2.31. The zero-order chi connectivity index (χ0) is 16.5. The van der Waals surface area contributed by atoms with Crippen LogP contribution in [0.2, 0.25) is 0 Å². The van der Waals surface area contributed by atoms with Gasteiger partial charge < -0.3 is 10.1 Å². The molecule has 0 saturated carbocycles. The van der Waals surface area contributed by atoms with Crippen LogP contribution in [0.1, 0.15) is 28.3 Å². The van der Waals surface area contributed by atoms with Crippen LogP contribution in [0.5, 0.6) is 5.75 Å². The van der Waals surface area contributed by atoms with E-state index in [0.717, 1.165) is 22.7 Å². The first-order valence-corrected chi connectivity index (χ1v) is 8.64. The number of methoxy groups -OCH3 is 1. The van der Waals surface area contributed by atoms with Crippen molar-refractivity contribution in [1.82, 2.24) is 9.78 Å². The van der Waals surface area contributed by atoms with Crippen molar-refractivity contribution in [2.24, 2.45) is 0 Å². The largest absolute Gasteiger partial charge is 0.497 e. The Morgan fingerprint density at radius 1 is 1.33 bits per heavy atom. The van der Waals surface area contributed by atoms with Gasteiger partial charge in [-0.1, -0.05) is 18.2 Å². The molecule has 3 heterocycles. The lowest BCUT2D eigenvalue weighted by Gasteiger charge is -2.23. The van der Waals surface area contributed by atoms with Crippen LogP contribution in [0.3, 0.4) is 0 Å². The van der Waals surface area contributed by atoms with Crippen LogP contribution in [0.15, 0.2) is 48.0 Å². The van der Waals surface area contributed by atoms with Gasteiger partial charge in [0.25, 0.3) is 0 Å². The lowest BCUT2D eigenvalue weighted by atomic mass is 9.87. The number of thiophene rings is 1. The van der Waals surface area contributed by atoms with E-state index in [0.29, 0.717) is 13.0 Å². The number of hydrogen-bond acceptors (Lipinski definition) is 4. The molecular weight excluding hydrogens is 322 g/mol. The molecule has 0 unspecified atom stereocenters. The molecule has 0 radical (unpaired) electrons. The van der Waals surface area contributed by atoms with Gasteiger partial charge >= 0.3 is 0 Å². The van der Waals surface area contributed by atoms with E-state index >= 15 is 0 Å². The average molecular weight is 339 g/mol. The molecule has 0 spiro atoms. The van der Waals surface area contributed by atoms with Gasteiger partial charge in [0, 0.05) is 22.8 Å². The Labute approximate surface area is 143 Å². The van der Waals surface area contributed by atoms with Gasteiger partial charge in [-0.05, 0) is 29.1 Å². The van der Waals surface area contributed by atoms with Crippen molar-refractivity contribution in [1.29, 1.82) is 0 Å². The van der Waals surface area contributed by atoms with Crippen LogP contribution < -0.4 is 10.1 Å². The monoisotopic (exact) mass is 339 g/mol. The van der Waals surface area contributed by atoms with Gasteiger partial charge in [0.05, 0.1) is 19.9 Å². The fraction of sp³-hybridized carbons (Fsp3) is 0.222.